The molecule has 5 heteroatoms. The molecule has 1 saturated carbocycles. The summed E-state index contributed by atoms with van der Waals surface area (Å²) in [5.74, 6) is -0.401. The van der Waals surface area contributed by atoms with E-state index in [1.165, 1.54) is 6.42 Å². The number of carbonyl (C=O) groups is 2. The summed E-state index contributed by atoms with van der Waals surface area (Å²) in [6.45, 7) is 7.69. The van der Waals surface area contributed by atoms with Gasteiger partial charge in [-0.1, -0.05) is 26.7 Å². The van der Waals surface area contributed by atoms with Gasteiger partial charge in [-0.25, -0.2) is 4.79 Å². The average molecular weight is 270 g/mol. The summed E-state index contributed by atoms with van der Waals surface area (Å²) < 4.78 is 0. The van der Waals surface area contributed by atoms with Crippen LogP contribution in [0.1, 0.15) is 47.0 Å². The molecular formula is C14H26N2O3. The zero-order chi connectivity index (χ0) is 14.6. The fraction of sp³-hybridized carbons (Fsp3) is 0.857. The summed E-state index contributed by atoms with van der Waals surface area (Å²) in [7, 11) is 0. The van der Waals surface area contributed by atoms with Crippen molar-refractivity contribution in [2.45, 2.75) is 59.0 Å². The highest BCUT2D eigenvalue weighted by molar-refractivity contribution is 5.76. The van der Waals surface area contributed by atoms with Crippen LogP contribution >= 0.6 is 0 Å². The molecule has 0 radical (unpaired) electrons. The molecule has 1 fully saturated rings. The normalized spacial score (nSPS) is 30.2. The monoisotopic (exact) mass is 270 g/mol. The Morgan fingerprint density at radius 1 is 1.21 bits per heavy atom. The molecule has 0 aromatic heterocycles. The number of aliphatic carboxylic acids is 1. The number of carboxylic acid groups (broad SMARTS) is 1. The molecule has 1 rings (SSSR count). The minimum atomic E-state index is -0.896. The first-order valence-electron chi connectivity index (χ1n) is 7.12. The Bertz CT molecular complexity index is 333. The number of nitrogens with one attached hydrogen (secondary N) is 2. The molecule has 110 valence electrons. The number of rotatable bonds is 4. The van der Waals surface area contributed by atoms with Crippen molar-refractivity contribution in [2.75, 3.05) is 0 Å². The first-order valence-corrected chi connectivity index (χ1v) is 7.12. The van der Waals surface area contributed by atoms with Crippen LogP contribution in [0.25, 0.3) is 0 Å². The molecule has 0 aromatic carbocycles. The van der Waals surface area contributed by atoms with Gasteiger partial charge < -0.3 is 15.7 Å². The zero-order valence-electron chi connectivity index (χ0n) is 12.3. The molecule has 3 N–H and O–H groups in total. The molecule has 1 aliphatic rings. The molecule has 5 atom stereocenters. The quantitative estimate of drug-likeness (QED) is 0.733. The number of hydrogen-bond donors (Lipinski definition) is 3. The van der Waals surface area contributed by atoms with Gasteiger partial charge in [0.2, 0.25) is 0 Å². The van der Waals surface area contributed by atoms with Crippen molar-refractivity contribution < 1.29 is 14.7 Å². The third-order valence-electron chi connectivity index (χ3n) is 4.52. The van der Waals surface area contributed by atoms with Crippen LogP contribution < -0.4 is 10.6 Å². The van der Waals surface area contributed by atoms with E-state index in [-0.39, 0.29) is 18.1 Å². The van der Waals surface area contributed by atoms with Gasteiger partial charge in [0.1, 0.15) is 0 Å². The molecule has 0 saturated heterocycles. The molecule has 0 aromatic rings. The Hall–Kier alpha value is -1.26. The Morgan fingerprint density at radius 3 is 2.42 bits per heavy atom. The lowest BCUT2D eigenvalue weighted by Gasteiger charge is -2.35. The molecule has 0 aliphatic heterocycles. The van der Waals surface area contributed by atoms with Crippen molar-refractivity contribution in [1.82, 2.24) is 10.6 Å². The highest BCUT2D eigenvalue weighted by Gasteiger charge is 2.29. The molecule has 0 heterocycles. The maximum atomic E-state index is 11.9. The lowest BCUT2D eigenvalue weighted by Crippen LogP contribution is -2.51. The van der Waals surface area contributed by atoms with Crippen molar-refractivity contribution in [3.63, 3.8) is 0 Å². The topological polar surface area (TPSA) is 78.4 Å². The van der Waals surface area contributed by atoms with Gasteiger partial charge in [0.05, 0.1) is 5.92 Å². The summed E-state index contributed by atoms with van der Waals surface area (Å²) in [4.78, 5) is 22.7. The minimum Gasteiger partial charge on any atom is -0.481 e. The number of amides is 2. The van der Waals surface area contributed by atoms with E-state index in [0.29, 0.717) is 11.8 Å². The lowest BCUT2D eigenvalue weighted by molar-refractivity contribution is -0.141. The average Bonchev–Trinajstić information content (AvgIpc) is 2.33. The van der Waals surface area contributed by atoms with E-state index in [4.69, 9.17) is 5.11 Å². The minimum absolute atomic E-state index is 0.191. The largest absolute Gasteiger partial charge is 0.481 e. The molecule has 1 aliphatic carbocycles. The zero-order valence-corrected chi connectivity index (χ0v) is 12.3. The van der Waals surface area contributed by atoms with E-state index in [1.54, 1.807) is 13.8 Å². The van der Waals surface area contributed by atoms with E-state index >= 15 is 0 Å². The summed E-state index contributed by atoms with van der Waals surface area (Å²) in [6.07, 6.45) is 3.35. The molecule has 0 spiro atoms. The van der Waals surface area contributed by atoms with Gasteiger partial charge in [-0.3, -0.25) is 4.79 Å². The Morgan fingerprint density at radius 2 is 1.84 bits per heavy atom. The van der Waals surface area contributed by atoms with Gasteiger partial charge in [0.15, 0.2) is 0 Å². The summed E-state index contributed by atoms with van der Waals surface area (Å²) in [6, 6.07) is -0.448. The van der Waals surface area contributed by atoms with Crippen LogP contribution in [0.15, 0.2) is 0 Å². The van der Waals surface area contributed by atoms with Crippen LogP contribution in [0.2, 0.25) is 0 Å². The van der Waals surface area contributed by atoms with Crippen LogP contribution in [0.5, 0.6) is 0 Å². The van der Waals surface area contributed by atoms with Crippen LogP contribution in [0.3, 0.4) is 0 Å². The molecule has 19 heavy (non-hydrogen) atoms. The molecule has 2 amide bonds. The number of carboxylic acids is 1. The number of urea groups is 1. The summed E-state index contributed by atoms with van der Waals surface area (Å²) in [5, 5.41) is 14.6. The first-order chi connectivity index (χ1) is 8.82. The van der Waals surface area contributed by atoms with Crippen molar-refractivity contribution in [1.29, 1.82) is 0 Å². The number of carbonyl (C=O) groups excluding carboxylic acids is 1. The van der Waals surface area contributed by atoms with Gasteiger partial charge in [0, 0.05) is 12.1 Å². The molecular weight excluding hydrogens is 244 g/mol. The van der Waals surface area contributed by atoms with Gasteiger partial charge in [0.25, 0.3) is 0 Å². The second kappa shape index (κ2) is 6.78. The highest BCUT2D eigenvalue weighted by atomic mass is 16.4. The van der Waals surface area contributed by atoms with Gasteiger partial charge in [-0.2, -0.15) is 0 Å². The van der Waals surface area contributed by atoms with Gasteiger partial charge >= 0.3 is 12.0 Å². The predicted molar refractivity (Wildman–Crippen MR) is 73.9 cm³/mol. The van der Waals surface area contributed by atoms with Crippen molar-refractivity contribution >= 4 is 12.0 Å². The van der Waals surface area contributed by atoms with E-state index in [1.807, 2.05) is 0 Å². The Labute approximate surface area is 115 Å². The molecule has 0 bridgehead atoms. The third-order valence-corrected chi connectivity index (χ3v) is 4.52. The standard InChI is InChI=1S/C14H26N2O3/c1-8-6-5-7-12(9(8)2)16-14(19)15-11(4)10(3)13(17)18/h8-12H,5-7H2,1-4H3,(H,17,18)(H2,15,16,19). The first kappa shape index (κ1) is 15.8. The number of hydrogen-bond acceptors (Lipinski definition) is 2. The van der Waals surface area contributed by atoms with Crippen LogP contribution in [-0.2, 0) is 4.79 Å². The Balaban J connectivity index is 2.44. The second-order valence-corrected chi connectivity index (χ2v) is 5.91. The Kier molecular flexibility index (Phi) is 5.63. The fourth-order valence-corrected chi connectivity index (χ4v) is 2.54. The van der Waals surface area contributed by atoms with Gasteiger partial charge in [-0.15, -0.1) is 0 Å². The van der Waals surface area contributed by atoms with Crippen LogP contribution in [0.4, 0.5) is 4.79 Å². The predicted octanol–water partition coefficient (Wildman–Crippen LogP) is 2.22. The fourth-order valence-electron chi connectivity index (χ4n) is 2.54. The van der Waals surface area contributed by atoms with Gasteiger partial charge in [-0.05, 0) is 32.1 Å². The van der Waals surface area contributed by atoms with E-state index < -0.39 is 11.9 Å². The molecule has 5 nitrogen and oxygen atoms in total. The second-order valence-electron chi connectivity index (χ2n) is 5.91. The maximum Gasteiger partial charge on any atom is 0.315 e. The molecule has 5 unspecified atom stereocenters. The van der Waals surface area contributed by atoms with Crippen LogP contribution in [-0.4, -0.2) is 29.2 Å². The van der Waals surface area contributed by atoms with Crippen LogP contribution in [0, 0.1) is 17.8 Å². The van der Waals surface area contributed by atoms with E-state index in [9.17, 15) is 9.59 Å². The van der Waals surface area contributed by atoms with Crippen molar-refractivity contribution in [3.8, 4) is 0 Å². The third kappa shape index (κ3) is 4.40. The smallest absolute Gasteiger partial charge is 0.315 e. The summed E-state index contributed by atoms with van der Waals surface area (Å²) in [5.41, 5.74) is 0. The van der Waals surface area contributed by atoms with Crippen molar-refractivity contribution in [2.24, 2.45) is 17.8 Å². The maximum absolute atomic E-state index is 11.9. The highest BCUT2D eigenvalue weighted by Crippen LogP contribution is 2.29. The summed E-state index contributed by atoms with van der Waals surface area (Å²) >= 11 is 0. The van der Waals surface area contributed by atoms with Crippen molar-refractivity contribution in [3.05, 3.63) is 0 Å². The SMILES string of the molecule is CC1CCCC(NC(=O)NC(C)C(C)C(=O)O)C1C. The lowest BCUT2D eigenvalue weighted by atomic mass is 9.78. The van der Waals surface area contributed by atoms with E-state index in [0.717, 1.165) is 12.8 Å². The van der Waals surface area contributed by atoms with E-state index in [2.05, 4.69) is 24.5 Å².